The van der Waals surface area contributed by atoms with Crippen molar-refractivity contribution in [2.24, 2.45) is 0 Å². The van der Waals surface area contributed by atoms with Crippen LogP contribution in [-0.4, -0.2) is 19.1 Å². The number of fused-ring (bicyclic) bond motifs is 1. The predicted molar refractivity (Wildman–Crippen MR) is 96.4 cm³/mol. The SMILES string of the molecule is CCC(=O)N[C@H]1CCc2ccc(OC)cc2[C@H]1Cc1cccc(F)c1. The number of hydrogen-bond acceptors (Lipinski definition) is 2. The molecule has 0 bridgehead atoms. The van der Waals surface area contributed by atoms with Crippen LogP contribution in [0.3, 0.4) is 0 Å². The van der Waals surface area contributed by atoms with Crippen molar-refractivity contribution < 1.29 is 13.9 Å². The number of carbonyl (C=O) groups is 1. The van der Waals surface area contributed by atoms with E-state index in [1.54, 1.807) is 19.2 Å². The molecule has 0 aromatic heterocycles. The Hall–Kier alpha value is -2.36. The third kappa shape index (κ3) is 4.01. The highest BCUT2D eigenvalue weighted by Crippen LogP contribution is 2.36. The van der Waals surface area contributed by atoms with Gasteiger partial charge in [-0.05, 0) is 60.2 Å². The Morgan fingerprint density at radius 1 is 1.28 bits per heavy atom. The summed E-state index contributed by atoms with van der Waals surface area (Å²) in [6.45, 7) is 1.86. The van der Waals surface area contributed by atoms with E-state index in [9.17, 15) is 9.18 Å². The van der Waals surface area contributed by atoms with Gasteiger partial charge in [0, 0.05) is 18.4 Å². The van der Waals surface area contributed by atoms with Crippen molar-refractivity contribution in [1.82, 2.24) is 5.32 Å². The van der Waals surface area contributed by atoms with Gasteiger partial charge in [-0.25, -0.2) is 4.39 Å². The van der Waals surface area contributed by atoms with Crippen LogP contribution in [0.15, 0.2) is 42.5 Å². The fourth-order valence-electron chi connectivity index (χ4n) is 3.65. The second kappa shape index (κ2) is 7.68. The number of ether oxygens (including phenoxy) is 1. The summed E-state index contributed by atoms with van der Waals surface area (Å²) in [6.07, 6.45) is 2.97. The predicted octanol–water partition coefficient (Wildman–Crippen LogP) is 4.00. The van der Waals surface area contributed by atoms with E-state index >= 15 is 0 Å². The van der Waals surface area contributed by atoms with E-state index in [0.29, 0.717) is 12.8 Å². The summed E-state index contributed by atoms with van der Waals surface area (Å²) in [6, 6.07) is 12.9. The maximum atomic E-state index is 13.6. The third-order valence-corrected chi connectivity index (χ3v) is 4.98. The van der Waals surface area contributed by atoms with Crippen LogP contribution in [0.5, 0.6) is 5.75 Å². The summed E-state index contributed by atoms with van der Waals surface area (Å²) in [7, 11) is 1.66. The average Bonchev–Trinajstić information content (AvgIpc) is 2.63. The summed E-state index contributed by atoms with van der Waals surface area (Å²) in [5.41, 5.74) is 3.41. The number of carbonyl (C=O) groups excluding carboxylic acids is 1. The monoisotopic (exact) mass is 341 g/mol. The molecule has 0 heterocycles. The molecule has 0 saturated heterocycles. The van der Waals surface area contributed by atoms with Gasteiger partial charge in [0.05, 0.1) is 7.11 Å². The van der Waals surface area contributed by atoms with Crippen molar-refractivity contribution in [1.29, 1.82) is 0 Å². The van der Waals surface area contributed by atoms with E-state index in [0.717, 1.165) is 24.2 Å². The van der Waals surface area contributed by atoms with E-state index in [1.165, 1.54) is 17.2 Å². The summed E-state index contributed by atoms with van der Waals surface area (Å²) in [4.78, 5) is 12.0. The molecule has 0 fully saturated rings. The lowest BCUT2D eigenvalue weighted by atomic mass is 9.76. The first-order valence-corrected chi connectivity index (χ1v) is 8.81. The van der Waals surface area contributed by atoms with Gasteiger partial charge in [-0.2, -0.15) is 0 Å². The zero-order valence-electron chi connectivity index (χ0n) is 14.7. The molecule has 132 valence electrons. The quantitative estimate of drug-likeness (QED) is 0.893. The first kappa shape index (κ1) is 17.5. The Morgan fingerprint density at radius 3 is 2.84 bits per heavy atom. The first-order valence-electron chi connectivity index (χ1n) is 8.81. The summed E-state index contributed by atoms with van der Waals surface area (Å²) in [5, 5.41) is 3.16. The molecule has 0 aliphatic heterocycles. The Kier molecular flexibility index (Phi) is 5.37. The number of benzene rings is 2. The van der Waals surface area contributed by atoms with Crippen LogP contribution in [0, 0.1) is 5.82 Å². The lowest BCUT2D eigenvalue weighted by molar-refractivity contribution is -0.121. The van der Waals surface area contributed by atoms with E-state index in [1.807, 2.05) is 19.1 Å². The minimum absolute atomic E-state index is 0.0512. The lowest BCUT2D eigenvalue weighted by Gasteiger charge is -2.34. The zero-order valence-corrected chi connectivity index (χ0v) is 14.7. The number of rotatable bonds is 5. The molecule has 25 heavy (non-hydrogen) atoms. The Morgan fingerprint density at radius 2 is 2.12 bits per heavy atom. The summed E-state index contributed by atoms with van der Waals surface area (Å²) < 4.78 is 19.0. The highest BCUT2D eigenvalue weighted by molar-refractivity contribution is 5.76. The average molecular weight is 341 g/mol. The van der Waals surface area contributed by atoms with Crippen LogP contribution in [0.1, 0.15) is 42.4 Å². The Bertz CT molecular complexity index is 759. The fourth-order valence-corrected chi connectivity index (χ4v) is 3.65. The van der Waals surface area contributed by atoms with E-state index in [2.05, 4.69) is 17.4 Å². The van der Waals surface area contributed by atoms with Gasteiger partial charge in [0.15, 0.2) is 0 Å². The number of nitrogens with one attached hydrogen (secondary N) is 1. The highest BCUT2D eigenvalue weighted by Gasteiger charge is 2.31. The van der Waals surface area contributed by atoms with E-state index in [4.69, 9.17) is 4.74 Å². The van der Waals surface area contributed by atoms with Gasteiger partial charge in [-0.15, -0.1) is 0 Å². The van der Waals surface area contributed by atoms with Crippen LogP contribution in [0.25, 0.3) is 0 Å². The maximum absolute atomic E-state index is 13.6. The van der Waals surface area contributed by atoms with Crippen LogP contribution in [0.2, 0.25) is 0 Å². The molecular weight excluding hydrogens is 317 g/mol. The van der Waals surface area contributed by atoms with E-state index in [-0.39, 0.29) is 23.7 Å². The molecule has 2 atom stereocenters. The second-order valence-electron chi connectivity index (χ2n) is 6.57. The van der Waals surface area contributed by atoms with Gasteiger partial charge < -0.3 is 10.1 Å². The van der Waals surface area contributed by atoms with Crippen molar-refractivity contribution >= 4 is 5.91 Å². The molecule has 4 heteroatoms. The molecule has 2 aromatic rings. The minimum Gasteiger partial charge on any atom is -0.497 e. The van der Waals surface area contributed by atoms with Crippen molar-refractivity contribution in [2.75, 3.05) is 7.11 Å². The highest BCUT2D eigenvalue weighted by atomic mass is 19.1. The molecule has 2 aromatic carbocycles. The van der Waals surface area contributed by atoms with Crippen LogP contribution in [-0.2, 0) is 17.6 Å². The lowest BCUT2D eigenvalue weighted by Crippen LogP contribution is -2.42. The molecule has 1 aliphatic rings. The van der Waals surface area contributed by atoms with Crippen molar-refractivity contribution in [3.05, 3.63) is 65.0 Å². The second-order valence-corrected chi connectivity index (χ2v) is 6.57. The molecular formula is C21H24FNO2. The molecule has 1 N–H and O–H groups in total. The normalized spacial score (nSPS) is 19.2. The number of halogens is 1. The van der Waals surface area contributed by atoms with Crippen molar-refractivity contribution in [3.8, 4) is 5.75 Å². The van der Waals surface area contributed by atoms with E-state index < -0.39 is 0 Å². The largest absolute Gasteiger partial charge is 0.497 e. The molecule has 3 nitrogen and oxygen atoms in total. The zero-order chi connectivity index (χ0) is 17.8. The van der Waals surface area contributed by atoms with Gasteiger partial charge in [0.2, 0.25) is 5.91 Å². The van der Waals surface area contributed by atoms with Crippen molar-refractivity contribution in [3.63, 3.8) is 0 Å². The van der Waals surface area contributed by atoms with Crippen LogP contribution >= 0.6 is 0 Å². The number of amides is 1. The first-order chi connectivity index (χ1) is 12.1. The maximum Gasteiger partial charge on any atom is 0.219 e. The molecule has 0 spiro atoms. The molecule has 1 amide bonds. The van der Waals surface area contributed by atoms with Gasteiger partial charge in [-0.3, -0.25) is 4.79 Å². The van der Waals surface area contributed by atoms with Gasteiger partial charge >= 0.3 is 0 Å². The third-order valence-electron chi connectivity index (χ3n) is 4.98. The van der Waals surface area contributed by atoms with Gasteiger partial charge in [-0.1, -0.05) is 25.1 Å². The smallest absolute Gasteiger partial charge is 0.219 e. The molecule has 0 unspecified atom stereocenters. The molecule has 3 rings (SSSR count). The van der Waals surface area contributed by atoms with Crippen LogP contribution < -0.4 is 10.1 Å². The number of hydrogen-bond donors (Lipinski definition) is 1. The van der Waals surface area contributed by atoms with Crippen molar-refractivity contribution in [2.45, 2.75) is 44.6 Å². The summed E-state index contributed by atoms with van der Waals surface area (Å²) >= 11 is 0. The standard InChI is InChI=1S/C21H24FNO2/c1-3-21(24)23-20-10-8-15-7-9-17(25-2)13-18(15)19(20)12-14-5-4-6-16(22)11-14/h4-7,9,11,13,19-20H,3,8,10,12H2,1-2H3,(H,23,24)/t19-,20+/m1/s1. The molecule has 0 saturated carbocycles. The fraction of sp³-hybridized carbons (Fsp3) is 0.381. The van der Waals surface area contributed by atoms with Crippen LogP contribution in [0.4, 0.5) is 4.39 Å². The Balaban J connectivity index is 1.96. The van der Waals surface area contributed by atoms with Gasteiger partial charge in [0.1, 0.15) is 11.6 Å². The topological polar surface area (TPSA) is 38.3 Å². The number of aryl methyl sites for hydroxylation is 1. The molecule has 0 radical (unpaired) electrons. The molecule has 1 aliphatic carbocycles. The number of methoxy groups -OCH3 is 1. The summed E-state index contributed by atoms with van der Waals surface area (Å²) in [5.74, 6) is 0.746. The van der Waals surface area contributed by atoms with Gasteiger partial charge in [0.25, 0.3) is 0 Å². The minimum atomic E-state index is -0.228. The Labute approximate surface area is 148 Å².